The first-order valence-corrected chi connectivity index (χ1v) is 21.3. The van der Waals surface area contributed by atoms with Gasteiger partial charge in [-0.3, -0.25) is 0 Å². The van der Waals surface area contributed by atoms with Crippen molar-refractivity contribution in [2.45, 2.75) is 19.3 Å². The second-order valence-electron chi connectivity index (χ2n) is 16.5. The zero-order valence-corrected chi connectivity index (χ0v) is 33.7. The highest BCUT2D eigenvalue weighted by Gasteiger charge is 2.39. The summed E-state index contributed by atoms with van der Waals surface area (Å²) >= 11 is 1.87. The van der Waals surface area contributed by atoms with Crippen molar-refractivity contribution in [3.63, 3.8) is 0 Å². The minimum absolute atomic E-state index is 0.251. The van der Waals surface area contributed by atoms with E-state index < -0.39 is 0 Å². The summed E-state index contributed by atoms with van der Waals surface area (Å²) in [7, 11) is 0. The first-order chi connectivity index (χ1) is 29.0. The molecule has 1 aromatic heterocycles. The summed E-state index contributed by atoms with van der Waals surface area (Å²) in [5.41, 5.74) is 13.5. The largest absolute Gasteiger partial charge is 0.310 e. The van der Waals surface area contributed by atoms with Crippen molar-refractivity contribution < 1.29 is 0 Å². The summed E-state index contributed by atoms with van der Waals surface area (Å²) in [5, 5.41) is 10.1. The van der Waals surface area contributed by atoms with Gasteiger partial charge in [0.2, 0.25) is 0 Å². The van der Waals surface area contributed by atoms with E-state index in [1.54, 1.807) is 0 Å². The van der Waals surface area contributed by atoms with E-state index in [4.69, 9.17) is 0 Å². The molecule has 0 saturated heterocycles. The predicted octanol–water partition coefficient (Wildman–Crippen LogP) is 16.6. The van der Waals surface area contributed by atoms with E-state index in [9.17, 15) is 0 Å². The Bertz CT molecular complexity index is 3470. The molecule has 0 radical (unpaired) electrons. The second-order valence-corrected chi connectivity index (χ2v) is 17.6. The van der Waals surface area contributed by atoms with Crippen molar-refractivity contribution in [2.75, 3.05) is 4.90 Å². The average molecular weight is 770 g/mol. The Hall–Kier alpha value is -7.00. The van der Waals surface area contributed by atoms with Gasteiger partial charge in [-0.2, -0.15) is 0 Å². The van der Waals surface area contributed by atoms with Crippen LogP contribution >= 0.6 is 11.3 Å². The molecule has 0 spiro atoms. The van der Waals surface area contributed by atoms with Gasteiger partial charge in [-0.05, 0) is 126 Å². The Morgan fingerprint density at radius 2 is 1.00 bits per heavy atom. The minimum Gasteiger partial charge on any atom is -0.310 e. The maximum Gasteiger partial charge on any atom is 0.0546 e. The van der Waals surface area contributed by atoms with E-state index in [0.717, 1.165) is 11.4 Å². The predicted molar refractivity (Wildman–Crippen MR) is 255 cm³/mol. The molecule has 0 N–H and O–H groups in total. The number of rotatable bonds is 5. The number of anilines is 3. The molecule has 2 heteroatoms. The van der Waals surface area contributed by atoms with E-state index in [1.807, 2.05) is 11.3 Å². The molecule has 0 saturated carbocycles. The van der Waals surface area contributed by atoms with Crippen molar-refractivity contribution in [1.29, 1.82) is 0 Å². The lowest BCUT2D eigenvalue weighted by Gasteiger charge is -2.34. The van der Waals surface area contributed by atoms with Crippen LogP contribution in [0.25, 0.3) is 85.9 Å². The van der Waals surface area contributed by atoms with E-state index >= 15 is 0 Å². The number of thiophene rings is 1. The number of benzene rings is 10. The molecule has 0 fully saturated rings. The van der Waals surface area contributed by atoms with Crippen LogP contribution in [-0.4, -0.2) is 0 Å². The van der Waals surface area contributed by atoms with E-state index in [0.29, 0.717) is 0 Å². The third-order valence-electron chi connectivity index (χ3n) is 12.8. The molecular weight excluding hydrogens is 731 g/mol. The molecule has 278 valence electrons. The molecule has 0 unspecified atom stereocenters. The monoisotopic (exact) mass is 769 g/mol. The molecular formula is C57H39NS. The lowest BCUT2D eigenvalue weighted by Crippen LogP contribution is -2.21. The van der Waals surface area contributed by atoms with E-state index in [2.05, 4.69) is 219 Å². The molecule has 1 nitrogen and oxygen atoms in total. The Labute approximate surface area is 348 Å². The van der Waals surface area contributed by atoms with Crippen molar-refractivity contribution in [1.82, 2.24) is 0 Å². The maximum absolute atomic E-state index is 2.55. The van der Waals surface area contributed by atoms with Gasteiger partial charge in [0.25, 0.3) is 0 Å². The highest BCUT2D eigenvalue weighted by atomic mass is 32.1. The van der Waals surface area contributed by atoms with E-state index in [-0.39, 0.29) is 5.41 Å². The number of nitrogens with zero attached hydrogens (tertiary/aromatic N) is 1. The fourth-order valence-electron chi connectivity index (χ4n) is 10.0. The summed E-state index contributed by atoms with van der Waals surface area (Å²) in [6.07, 6.45) is 0. The van der Waals surface area contributed by atoms with E-state index in [1.165, 1.54) is 103 Å². The topological polar surface area (TPSA) is 3.24 Å². The third kappa shape index (κ3) is 5.23. The summed E-state index contributed by atoms with van der Waals surface area (Å²) < 4.78 is 2.65. The van der Waals surface area contributed by atoms with Gasteiger partial charge in [0.15, 0.2) is 0 Å². The molecule has 0 aliphatic heterocycles. The van der Waals surface area contributed by atoms with Gasteiger partial charge in [0, 0.05) is 36.8 Å². The van der Waals surface area contributed by atoms with Gasteiger partial charge in [-0.25, -0.2) is 0 Å². The van der Waals surface area contributed by atoms with Crippen LogP contribution in [0.3, 0.4) is 0 Å². The molecule has 11 aromatic rings. The first-order valence-electron chi connectivity index (χ1n) is 20.5. The second kappa shape index (κ2) is 13.0. The normalized spacial score (nSPS) is 13.1. The first kappa shape index (κ1) is 34.1. The SMILES string of the molecule is CC1(C)c2cc3ccccc3cc2-c2cccc(N(c3ccc(-c4ccc5sc6ccccc6c5c4)cc3)c3ccc4ccccc4c3-c3cccc4ccccc34)c21. The smallest absolute Gasteiger partial charge is 0.0546 e. The summed E-state index contributed by atoms with van der Waals surface area (Å²) in [6, 6.07) is 74.6. The molecule has 59 heavy (non-hydrogen) atoms. The van der Waals surface area contributed by atoms with Gasteiger partial charge in [0.05, 0.1) is 11.4 Å². The van der Waals surface area contributed by atoms with Gasteiger partial charge in [-0.15, -0.1) is 11.3 Å². The van der Waals surface area contributed by atoms with Crippen LogP contribution < -0.4 is 4.90 Å². The highest BCUT2D eigenvalue weighted by Crippen LogP contribution is 2.56. The maximum atomic E-state index is 2.55. The molecule has 10 aromatic carbocycles. The van der Waals surface area contributed by atoms with Crippen LogP contribution in [-0.2, 0) is 5.41 Å². The Balaban J connectivity index is 1.11. The Kier molecular flexibility index (Phi) is 7.51. The van der Waals surface area contributed by atoms with Crippen LogP contribution in [0.1, 0.15) is 25.0 Å². The fourth-order valence-corrected chi connectivity index (χ4v) is 11.1. The van der Waals surface area contributed by atoms with Crippen molar-refractivity contribution in [3.05, 3.63) is 211 Å². The number of fused-ring (bicyclic) bond motifs is 9. The third-order valence-corrected chi connectivity index (χ3v) is 14.0. The molecule has 1 aliphatic carbocycles. The van der Waals surface area contributed by atoms with Crippen LogP contribution in [0.15, 0.2) is 200 Å². The molecule has 0 bridgehead atoms. The summed E-state index contributed by atoms with van der Waals surface area (Å²) in [6.45, 7) is 4.82. The van der Waals surface area contributed by atoms with Crippen LogP contribution in [0.5, 0.6) is 0 Å². The quantitative estimate of drug-likeness (QED) is 0.169. The molecule has 12 rings (SSSR count). The molecule has 0 amide bonds. The zero-order chi connectivity index (χ0) is 39.2. The zero-order valence-electron chi connectivity index (χ0n) is 32.9. The Morgan fingerprint density at radius 1 is 0.390 bits per heavy atom. The minimum atomic E-state index is -0.251. The lowest BCUT2D eigenvalue weighted by atomic mass is 9.80. The average Bonchev–Trinajstić information content (AvgIpc) is 3.77. The summed E-state index contributed by atoms with van der Waals surface area (Å²) in [4.78, 5) is 2.55. The lowest BCUT2D eigenvalue weighted by molar-refractivity contribution is 0.661. The number of hydrogen-bond donors (Lipinski definition) is 0. The standard InChI is InChI=1S/C57H39NS/c1-57(2)50-35-40-16-4-3-15-39(40)33-48(50)47-22-12-23-52(56(47)57)58(42-29-25-36(26-30-42)41-28-32-54-49(34-41)45-20-9-10-24-53(45)59-54)51-31-27-38-14-6-8-19-44(38)55(51)46-21-11-17-37-13-5-7-18-43(37)46/h3-35H,1-2H3. The number of hydrogen-bond acceptors (Lipinski definition) is 2. The highest BCUT2D eigenvalue weighted by molar-refractivity contribution is 7.25. The van der Waals surface area contributed by atoms with Crippen molar-refractivity contribution in [3.8, 4) is 33.4 Å². The van der Waals surface area contributed by atoms with Gasteiger partial charge >= 0.3 is 0 Å². The molecule has 0 atom stereocenters. The van der Waals surface area contributed by atoms with Crippen LogP contribution in [0.2, 0.25) is 0 Å². The summed E-state index contributed by atoms with van der Waals surface area (Å²) in [5.74, 6) is 0. The van der Waals surface area contributed by atoms with Crippen LogP contribution in [0.4, 0.5) is 17.1 Å². The Morgan fingerprint density at radius 3 is 1.81 bits per heavy atom. The van der Waals surface area contributed by atoms with Gasteiger partial charge < -0.3 is 4.90 Å². The van der Waals surface area contributed by atoms with Gasteiger partial charge in [0.1, 0.15) is 0 Å². The van der Waals surface area contributed by atoms with Crippen molar-refractivity contribution in [2.24, 2.45) is 0 Å². The van der Waals surface area contributed by atoms with Gasteiger partial charge in [-0.1, -0.05) is 159 Å². The van der Waals surface area contributed by atoms with Crippen LogP contribution in [0, 0.1) is 0 Å². The molecule has 1 aliphatic rings. The molecule has 1 heterocycles. The fraction of sp³-hybridized carbons (Fsp3) is 0.0526. The van der Waals surface area contributed by atoms with Crippen molar-refractivity contribution >= 4 is 80.9 Å².